The lowest BCUT2D eigenvalue weighted by atomic mass is 10.1. The number of carbonyl (C=O) groups excluding carboxylic acids is 1. The first-order valence-electron chi connectivity index (χ1n) is 9.06. The molecule has 0 fully saturated rings. The topological polar surface area (TPSA) is 68.2 Å². The van der Waals surface area contributed by atoms with Gasteiger partial charge in [0.15, 0.2) is 10.3 Å². The molecule has 0 bridgehead atoms. The van der Waals surface area contributed by atoms with Crippen molar-refractivity contribution < 1.29 is 9.53 Å². The van der Waals surface area contributed by atoms with Crippen LogP contribution in [-0.2, 0) is 16.0 Å². The maximum Gasteiger partial charge on any atom is 0.229 e. The SMILES string of the molecule is COCCN(C(=O)CCc1c(C)nc(SC)nc1C)c1nc2ccccc2s1. The fraction of sp³-hybridized carbons (Fsp3) is 0.400. The van der Waals surface area contributed by atoms with Gasteiger partial charge in [-0.25, -0.2) is 15.0 Å². The average molecular weight is 417 g/mol. The fourth-order valence-corrected chi connectivity index (χ4v) is 4.48. The third-order valence-electron chi connectivity index (χ3n) is 4.51. The number of hydrogen-bond donors (Lipinski definition) is 0. The number of aryl methyl sites for hydroxylation is 2. The highest BCUT2D eigenvalue weighted by molar-refractivity contribution is 7.98. The molecule has 0 aliphatic carbocycles. The summed E-state index contributed by atoms with van der Waals surface area (Å²) in [5.41, 5.74) is 3.83. The summed E-state index contributed by atoms with van der Waals surface area (Å²) in [5, 5.41) is 1.48. The molecule has 2 heterocycles. The second-order valence-electron chi connectivity index (χ2n) is 6.36. The summed E-state index contributed by atoms with van der Waals surface area (Å²) in [5.74, 6) is 0.0313. The molecule has 0 spiro atoms. The van der Waals surface area contributed by atoms with E-state index in [-0.39, 0.29) is 5.91 Å². The summed E-state index contributed by atoms with van der Waals surface area (Å²) in [6, 6.07) is 7.92. The minimum Gasteiger partial charge on any atom is -0.383 e. The molecular weight excluding hydrogens is 392 g/mol. The van der Waals surface area contributed by atoms with E-state index in [0.29, 0.717) is 31.1 Å². The molecule has 1 aromatic carbocycles. The maximum atomic E-state index is 13.0. The largest absolute Gasteiger partial charge is 0.383 e. The fourth-order valence-electron chi connectivity index (χ4n) is 3.01. The van der Waals surface area contributed by atoms with Crippen LogP contribution in [0.3, 0.4) is 0 Å². The van der Waals surface area contributed by atoms with Crippen molar-refractivity contribution in [3.63, 3.8) is 0 Å². The van der Waals surface area contributed by atoms with Crippen molar-refractivity contribution in [2.24, 2.45) is 0 Å². The van der Waals surface area contributed by atoms with Gasteiger partial charge in [-0.3, -0.25) is 9.69 Å². The molecule has 0 aliphatic heterocycles. The number of rotatable bonds is 8. The minimum atomic E-state index is 0.0313. The van der Waals surface area contributed by atoms with Crippen molar-refractivity contribution in [2.75, 3.05) is 31.4 Å². The van der Waals surface area contributed by atoms with Gasteiger partial charge in [0, 0.05) is 24.9 Å². The van der Waals surface area contributed by atoms with Crippen molar-refractivity contribution in [3.8, 4) is 0 Å². The van der Waals surface area contributed by atoms with Crippen LogP contribution in [0.25, 0.3) is 10.2 Å². The summed E-state index contributed by atoms with van der Waals surface area (Å²) < 4.78 is 6.28. The summed E-state index contributed by atoms with van der Waals surface area (Å²) in [6.07, 6.45) is 2.95. The molecule has 0 atom stereocenters. The first-order valence-corrected chi connectivity index (χ1v) is 11.1. The van der Waals surface area contributed by atoms with Crippen molar-refractivity contribution in [1.82, 2.24) is 15.0 Å². The molecule has 0 saturated heterocycles. The zero-order valence-electron chi connectivity index (χ0n) is 16.6. The molecule has 0 radical (unpaired) electrons. The average Bonchev–Trinajstić information content (AvgIpc) is 3.11. The molecule has 0 N–H and O–H groups in total. The number of hydrogen-bond acceptors (Lipinski definition) is 7. The Balaban J connectivity index is 1.78. The molecule has 148 valence electrons. The Morgan fingerprint density at radius 3 is 2.54 bits per heavy atom. The highest BCUT2D eigenvalue weighted by Crippen LogP contribution is 2.29. The Morgan fingerprint density at radius 2 is 1.89 bits per heavy atom. The number of fused-ring (bicyclic) bond motifs is 1. The number of nitrogens with zero attached hydrogens (tertiary/aromatic N) is 4. The van der Waals surface area contributed by atoms with Gasteiger partial charge in [-0.2, -0.15) is 0 Å². The first kappa shape index (κ1) is 20.7. The molecule has 0 saturated carbocycles. The van der Waals surface area contributed by atoms with Crippen LogP contribution in [0.15, 0.2) is 29.4 Å². The minimum absolute atomic E-state index is 0.0313. The number of methoxy groups -OCH3 is 1. The summed E-state index contributed by atoms with van der Waals surface area (Å²) in [7, 11) is 1.64. The van der Waals surface area contributed by atoms with E-state index in [2.05, 4.69) is 15.0 Å². The van der Waals surface area contributed by atoms with Gasteiger partial charge in [-0.1, -0.05) is 35.2 Å². The smallest absolute Gasteiger partial charge is 0.229 e. The molecule has 8 heteroatoms. The lowest BCUT2D eigenvalue weighted by molar-refractivity contribution is -0.118. The Bertz CT molecular complexity index is 918. The van der Waals surface area contributed by atoms with Gasteiger partial charge in [0.1, 0.15) is 0 Å². The van der Waals surface area contributed by atoms with Crippen LogP contribution in [0.2, 0.25) is 0 Å². The van der Waals surface area contributed by atoms with Gasteiger partial charge in [0.2, 0.25) is 5.91 Å². The molecule has 28 heavy (non-hydrogen) atoms. The predicted molar refractivity (Wildman–Crippen MR) is 115 cm³/mol. The van der Waals surface area contributed by atoms with E-state index in [4.69, 9.17) is 4.74 Å². The lowest BCUT2D eigenvalue weighted by Gasteiger charge is -2.20. The Kier molecular flexibility index (Phi) is 6.98. The van der Waals surface area contributed by atoms with Crippen molar-refractivity contribution >= 4 is 44.4 Å². The number of amides is 1. The molecular formula is C20H24N4O2S2. The number of thiazole rings is 1. The van der Waals surface area contributed by atoms with Crippen LogP contribution in [0.1, 0.15) is 23.4 Å². The van der Waals surface area contributed by atoms with E-state index in [1.807, 2.05) is 44.4 Å². The van der Waals surface area contributed by atoms with Gasteiger partial charge < -0.3 is 4.74 Å². The summed E-state index contributed by atoms with van der Waals surface area (Å²) in [4.78, 5) is 28.4. The van der Waals surface area contributed by atoms with E-state index in [9.17, 15) is 4.79 Å². The van der Waals surface area contributed by atoms with E-state index in [1.165, 1.54) is 23.1 Å². The molecule has 3 aromatic rings. The first-order chi connectivity index (χ1) is 13.5. The van der Waals surface area contributed by atoms with E-state index >= 15 is 0 Å². The molecule has 0 unspecified atom stereocenters. The van der Waals surface area contributed by atoms with Gasteiger partial charge >= 0.3 is 0 Å². The Hall–Kier alpha value is -2.03. The molecule has 3 rings (SSSR count). The van der Waals surface area contributed by atoms with E-state index < -0.39 is 0 Å². The standard InChI is InChI=1S/C20H24N4O2S2/c1-13-15(14(2)22-19(21-13)27-4)9-10-18(25)24(11-12-26-3)20-23-16-7-5-6-8-17(16)28-20/h5-8H,9-12H2,1-4H3. The number of anilines is 1. The summed E-state index contributed by atoms with van der Waals surface area (Å²) in [6.45, 7) is 4.90. The quantitative estimate of drug-likeness (QED) is 0.408. The number of benzene rings is 1. The normalized spacial score (nSPS) is 11.1. The van der Waals surface area contributed by atoms with Crippen LogP contribution >= 0.6 is 23.1 Å². The zero-order valence-corrected chi connectivity index (χ0v) is 18.2. The number of carbonyl (C=O) groups is 1. The van der Waals surface area contributed by atoms with Crippen molar-refractivity contribution in [1.29, 1.82) is 0 Å². The monoisotopic (exact) mass is 416 g/mol. The summed E-state index contributed by atoms with van der Waals surface area (Å²) >= 11 is 3.05. The molecule has 2 aromatic heterocycles. The highest BCUT2D eigenvalue weighted by atomic mass is 32.2. The highest BCUT2D eigenvalue weighted by Gasteiger charge is 2.20. The van der Waals surface area contributed by atoms with Crippen molar-refractivity contribution in [2.45, 2.75) is 31.8 Å². The maximum absolute atomic E-state index is 13.0. The number of ether oxygens (including phenoxy) is 1. The van der Waals surface area contributed by atoms with Crippen LogP contribution in [0.4, 0.5) is 5.13 Å². The van der Waals surface area contributed by atoms with E-state index in [1.54, 1.807) is 12.0 Å². The van der Waals surface area contributed by atoms with Crippen molar-refractivity contribution in [3.05, 3.63) is 41.2 Å². The van der Waals surface area contributed by atoms with Gasteiger partial charge in [-0.15, -0.1) is 0 Å². The second-order valence-corrected chi connectivity index (χ2v) is 8.14. The van der Waals surface area contributed by atoms with Gasteiger partial charge in [-0.05, 0) is 44.2 Å². The Labute approximate surface area is 173 Å². The van der Waals surface area contributed by atoms with Crippen LogP contribution in [0, 0.1) is 13.8 Å². The molecule has 1 amide bonds. The molecule has 6 nitrogen and oxygen atoms in total. The third kappa shape index (κ3) is 4.68. The second kappa shape index (κ2) is 9.45. The zero-order chi connectivity index (χ0) is 20.1. The van der Waals surface area contributed by atoms with Crippen LogP contribution in [0.5, 0.6) is 0 Å². The number of para-hydroxylation sites is 1. The molecule has 0 aliphatic rings. The van der Waals surface area contributed by atoms with Gasteiger partial charge in [0.25, 0.3) is 0 Å². The number of aromatic nitrogens is 3. The Morgan fingerprint density at radius 1 is 1.18 bits per heavy atom. The predicted octanol–water partition coefficient (Wildman–Crippen LogP) is 4.04. The van der Waals surface area contributed by atoms with Gasteiger partial charge in [0.05, 0.1) is 23.4 Å². The van der Waals surface area contributed by atoms with Crippen LogP contribution < -0.4 is 4.90 Å². The number of thioether (sulfide) groups is 1. The van der Waals surface area contributed by atoms with Crippen LogP contribution in [-0.4, -0.2) is 47.4 Å². The van der Waals surface area contributed by atoms with E-state index in [0.717, 1.165) is 32.3 Å². The lowest BCUT2D eigenvalue weighted by Crippen LogP contribution is -2.34. The third-order valence-corrected chi connectivity index (χ3v) is 6.11.